The molecule has 0 aliphatic rings. The molecule has 102 valence electrons. The van der Waals surface area contributed by atoms with Crippen LogP contribution in [0.15, 0.2) is 17.0 Å². The first-order chi connectivity index (χ1) is 8.07. The summed E-state index contributed by atoms with van der Waals surface area (Å²) < 4.78 is 39.8. The maximum Gasteiger partial charge on any atom is 0.241 e. The number of rotatable bonds is 3. The molecular formula is C11H15ClFNO3S. The van der Waals surface area contributed by atoms with Crippen LogP contribution in [0.1, 0.15) is 26.3 Å². The van der Waals surface area contributed by atoms with E-state index in [4.69, 9.17) is 16.7 Å². The van der Waals surface area contributed by atoms with Gasteiger partial charge in [0.1, 0.15) is 5.82 Å². The zero-order valence-electron chi connectivity index (χ0n) is 10.3. The van der Waals surface area contributed by atoms with Gasteiger partial charge in [-0.25, -0.2) is 17.5 Å². The molecule has 4 nitrogen and oxygen atoms in total. The lowest BCUT2D eigenvalue weighted by Gasteiger charge is -2.20. The third kappa shape index (κ3) is 3.65. The zero-order valence-corrected chi connectivity index (χ0v) is 11.9. The summed E-state index contributed by atoms with van der Waals surface area (Å²) in [5.74, 6) is -0.877. The summed E-state index contributed by atoms with van der Waals surface area (Å²) in [6, 6.07) is 1.98. The van der Waals surface area contributed by atoms with Gasteiger partial charge in [-0.15, -0.1) is 0 Å². The quantitative estimate of drug-likeness (QED) is 0.897. The summed E-state index contributed by atoms with van der Waals surface area (Å²) in [7, 11) is -3.85. The predicted molar refractivity (Wildman–Crippen MR) is 67.4 cm³/mol. The van der Waals surface area contributed by atoms with Crippen LogP contribution in [0.4, 0.5) is 4.39 Å². The highest BCUT2D eigenvalue weighted by atomic mass is 35.5. The van der Waals surface area contributed by atoms with Crippen molar-refractivity contribution in [2.75, 3.05) is 0 Å². The Bertz CT molecular complexity index is 552. The Labute approximate surface area is 111 Å². The second-order valence-electron chi connectivity index (χ2n) is 4.89. The molecule has 0 aliphatic heterocycles. The van der Waals surface area contributed by atoms with Crippen LogP contribution in [0, 0.1) is 5.82 Å². The van der Waals surface area contributed by atoms with Crippen LogP contribution in [0.25, 0.3) is 0 Å². The molecule has 0 radical (unpaired) electrons. The molecule has 1 aromatic carbocycles. The van der Waals surface area contributed by atoms with Crippen molar-refractivity contribution in [3.8, 4) is 0 Å². The Kier molecular flexibility index (Phi) is 4.38. The van der Waals surface area contributed by atoms with Gasteiger partial charge in [-0.2, -0.15) is 0 Å². The summed E-state index contributed by atoms with van der Waals surface area (Å²) in [6.45, 7) is 4.48. The van der Waals surface area contributed by atoms with E-state index < -0.39 is 28.0 Å². The van der Waals surface area contributed by atoms with E-state index in [2.05, 4.69) is 4.72 Å². The van der Waals surface area contributed by atoms with E-state index in [9.17, 15) is 12.8 Å². The minimum Gasteiger partial charge on any atom is -0.392 e. The van der Waals surface area contributed by atoms with Crippen molar-refractivity contribution in [3.63, 3.8) is 0 Å². The monoisotopic (exact) mass is 295 g/mol. The topological polar surface area (TPSA) is 66.4 Å². The minimum atomic E-state index is -3.85. The molecule has 0 heterocycles. The van der Waals surface area contributed by atoms with Crippen LogP contribution >= 0.6 is 11.6 Å². The van der Waals surface area contributed by atoms with Crippen LogP contribution in [0.3, 0.4) is 0 Å². The molecule has 0 spiro atoms. The van der Waals surface area contributed by atoms with Gasteiger partial charge >= 0.3 is 0 Å². The first kappa shape index (κ1) is 15.4. The van der Waals surface area contributed by atoms with Gasteiger partial charge in [0.2, 0.25) is 10.0 Å². The maximum absolute atomic E-state index is 13.5. The average molecular weight is 296 g/mol. The van der Waals surface area contributed by atoms with Crippen LogP contribution in [-0.2, 0) is 16.6 Å². The number of sulfonamides is 1. The molecule has 0 amide bonds. The molecule has 1 aromatic rings. The van der Waals surface area contributed by atoms with Crippen LogP contribution < -0.4 is 4.72 Å². The maximum atomic E-state index is 13.5. The average Bonchev–Trinajstić information content (AvgIpc) is 2.18. The molecular weight excluding hydrogens is 281 g/mol. The lowest BCUT2D eigenvalue weighted by molar-refractivity contribution is 0.281. The van der Waals surface area contributed by atoms with E-state index in [1.54, 1.807) is 20.8 Å². The van der Waals surface area contributed by atoms with E-state index in [1.165, 1.54) is 0 Å². The largest absolute Gasteiger partial charge is 0.392 e. The van der Waals surface area contributed by atoms with Crippen LogP contribution in [0.2, 0.25) is 5.02 Å². The Morgan fingerprint density at radius 1 is 1.39 bits per heavy atom. The highest BCUT2D eigenvalue weighted by molar-refractivity contribution is 7.89. The smallest absolute Gasteiger partial charge is 0.241 e. The van der Waals surface area contributed by atoms with Crippen LogP contribution in [0.5, 0.6) is 0 Å². The van der Waals surface area contributed by atoms with Gasteiger partial charge in [0, 0.05) is 11.1 Å². The highest BCUT2D eigenvalue weighted by Crippen LogP contribution is 2.25. The van der Waals surface area contributed by atoms with Crippen molar-refractivity contribution < 1.29 is 17.9 Å². The first-order valence-corrected chi connectivity index (χ1v) is 7.06. The number of aliphatic hydroxyl groups is 1. The lowest BCUT2D eigenvalue weighted by Crippen LogP contribution is -2.40. The molecule has 0 saturated heterocycles. The summed E-state index contributed by atoms with van der Waals surface area (Å²) in [5.41, 5.74) is -0.653. The highest BCUT2D eigenvalue weighted by Gasteiger charge is 2.24. The molecule has 0 bridgehead atoms. The standard InChI is InChI=1S/C11H15ClFNO3S/c1-11(2,3)14-18(16,17)8-4-7(6-15)10(12)9(13)5-8/h4-5,14-15H,6H2,1-3H3. The Morgan fingerprint density at radius 3 is 2.39 bits per heavy atom. The van der Waals surface area contributed by atoms with Gasteiger partial charge in [-0.1, -0.05) is 11.6 Å². The van der Waals surface area contributed by atoms with Crippen molar-refractivity contribution in [1.82, 2.24) is 4.72 Å². The summed E-state index contributed by atoms with van der Waals surface area (Å²) in [5, 5.41) is 8.73. The summed E-state index contributed by atoms with van der Waals surface area (Å²) in [6.07, 6.45) is 0. The fourth-order valence-corrected chi connectivity index (χ4v) is 3.00. The van der Waals surface area contributed by atoms with Crippen LogP contribution in [-0.4, -0.2) is 19.1 Å². The normalized spacial score (nSPS) is 12.8. The Morgan fingerprint density at radius 2 is 1.94 bits per heavy atom. The fourth-order valence-electron chi connectivity index (χ4n) is 1.35. The molecule has 7 heteroatoms. The van der Waals surface area contributed by atoms with E-state index in [0.717, 1.165) is 12.1 Å². The van der Waals surface area contributed by atoms with Gasteiger partial charge in [0.25, 0.3) is 0 Å². The summed E-state index contributed by atoms with van der Waals surface area (Å²) in [4.78, 5) is -0.261. The van der Waals surface area contributed by atoms with E-state index in [-0.39, 0.29) is 15.5 Å². The third-order valence-electron chi connectivity index (χ3n) is 2.00. The number of aliphatic hydroxyl groups excluding tert-OH is 1. The molecule has 0 atom stereocenters. The van der Waals surface area contributed by atoms with Crippen molar-refractivity contribution in [3.05, 3.63) is 28.5 Å². The predicted octanol–water partition coefficient (Wildman–Crippen LogP) is 2.05. The zero-order chi connectivity index (χ0) is 14.1. The van der Waals surface area contributed by atoms with E-state index in [1.807, 2.05) is 0 Å². The number of hydrogen-bond donors (Lipinski definition) is 2. The molecule has 2 N–H and O–H groups in total. The van der Waals surface area contributed by atoms with E-state index >= 15 is 0 Å². The molecule has 18 heavy (non-hydrogen) atoms. The molecule has 0 unspecified atom stereocenters. The SMILES string of the molecule is CC(C)(C)NS(=O)(=O)c1cc(F)c(Cl)c(CO)c1. The number of benzene rings is 1. The van der Waals surface area contributed by atoms with Gasteiger partial charge in [0.05, 0.1) is 16.5 Å². The third-order valence-corrected chi connectivity index (χ3v) is 4.16. The molecule has 0 aliphatic carbocycles. The first-order valence-electron chi connectivity index (χ1n) is 5.19. The fraction of sp³-hybridized carbons (Fsp3) is 0.455. The van der Waals surface area contributed by atoms with Gasteiger partial charge in [-0.05, 0) is 32.9 Å². The number of halogens is 2. The molecule has 0 saturated carbocycles. The van der Waals surface area contributed by atoms with Gasteiger partial charge in [-0.3, -0.25) is 0 Å². The van der Waals surface area contributed by atoms with Crippen molar-refractivity contribution >= 4 is 21.6 Å². The molecule has 0 fully saturated rings. The Balaban J connectivity index is 3.30. The minimum absolute atomic E-state index is 0.0333. The second kappa shape index (κ2) is 5.13. The van der Waals surface area contributed by atoms with Crippen molar-refractivity contribution in [2.45, 2.75) is 37.8 Å². The van der Waals surface area contributed by atoms with Gasteiger partial charge < -0.3 is 5.11 Å². The Hall–Kier alpha value is -0.690. The van der Waals surface area contributed by atoms with Crippen molar-refractivity contribution in [1.29, 1.82) is 0 Å². The second-order valence-corrected chi connectivity index (χ2v) is 6.95. The lowest BCUT2D eigenvalue weighted by atomic mass is 10.1. The number of hydrogen-bond acceptors (Lipinski definition) is 3. The molecule has 0 aromatic heterocycles. The molecule has 1 rings (SSSR count). The summed E-state index contributed by atoms with van der Waals surface area (Å²) >= 11 is 5.60. The van der Waals surface area contributed by atoms with Crippen molar-refractivity contribution in [2.24, 2.45) is 0 Å². The number of nitrogens with one attached hydrogen (secondary N) is 1. The van der Waals surface area contributed by atoms with Gasteiger partial charge in [0.15, 0.2) is 0 Å². The van der Waals surface area contributed by atoms with E-state index in [0.29, 0.717) is 0 Å².